The predicted molar refractivity (Wildman–Crippen MR) is 68.0 cm³/mol. The van der Waals surface area contributed by atoms with E-state index in [1.807, 2.05) is 11.3 Å². The molecule has 0 aliphatic carbocycles. The summed E-state index contributed by atoms with van der Waals surface area (Å²) in [4.78, 5) is 3.16. The predicted octanol–water partition coefficient (Wildman–Crippen LogP) is 3.29. The van der Waals surface area contributed by atoms with Crippen molar-refractivity contribution >= 4 is 11.3 Å². The number of hydrogen-bond acceptors (Lipinski definition) is 2. The highest BCUT2D eigenvalue weighted by Gasteiger charge is 2.28. The summed E-state index contributed by atoms with van der Waals surface area (Å²) >= 11 is 2.02. The van der Waals surface area contributed by atoms with E-state index in [0.29, 0.717) is 11.3 Å². The van der Waals surface area contributed by atoms with Crippen LogP contribution in [0.25, 0.3) is 0 Å². The molecule has 1 nitrogen and oxygen atoms in total. The second-order valence-electron chi connectivity index (χ2n) is 5.45. The first kappa shape index (κ1) is 11.2. The van der Waals surface area contributed by atoms with Crippen molar-refractivity contribution < 1.29 is 0 Å². The van der Waals surface area contributed by atoms with E-state index in [0.717, 1.165) is 13.1 Å². The molecule has 1 aliphatic heterocycles. The summed E-state index contributed by atoms with van der Waals surface area (Å²) in [6.07, 6.45) is 1.20. The van der Waals surface area contributed by atoms with Crippen LogP contribution in [0.15, 0.2) is 6.07 Å². The zero-order valence-electron chi connectivity index (χ0n) is 10.2. The highest BCUT2D eigenvalue weighted by molar-refractivity contribution is 7.12. The molecule has 1 aromatic heterocycles. The third kappa shape index (κ3) is 2.11. The number of fused-ring (bicyclic) bond motifs is 1. The minimum atomic E-state index is 0.301. The Labute approximate surface area is 96.9 Å². The fourth-order valence-corrected chi connectivity index (χ4v) is 3.54. The average molecular weight is 223 g/mol. The van der Waals surface area contributed by atoms with Gasteiger partial charge in [-0.2, -0.15) is 0 Å². The molecule has 84 valence electrons. The van der Waals surface area contributed by atoms with Crippen LogP contribution in [0.1, 0.15) is 48.9 Å². The molecular formula is C13H21NS. The van der Waals surface area contributed by atoms with E-state index < -0.39 is 0 Å². The lowest BCUT2D eigenvalue weighted by molar-refractivity contribution is 0.488. The van der Waals surface area contributed by atoms with E-state index >= 15 is 0 Å². The summed E-state index contributed by atoms with van der Waals surface area (Å²) in [7, 11) is 0. The molecule has 1 aromatic rings. The summed E-state index contributed by atoms with van der Waals surface area (Å²) in [5.74, 6) is 0.672. The third-order valence-corrected chi connectivity index (χ3v) is 4.72. The van der Waals surface area contributed by atoms with E-state index in [2.05, 4.69) is 39.1 Å². The SMILES string of the molecule is CC(C)c1cc2c(s1)CCNCC2(C)C. The van der Waals surface area contributed by atoms with Crippen LogP contribution in [0.5, 0.6) is 0 Å². The maximum atomic E-state index is 3.53. The fourth-order valence-electron chi connectivity index (χ4n) is 2.19. The van der Waals surface area contributed by atoms with Gasteiger partial charge in [-0.05, 0) is 30.5 Å². The summed E-state index contributed by atoms with van der Waals surface area (Å²) in [5.41, 5.74) is 1.89. The summed E-state index contributed by atoms with van der Waals surface area (Å²) in [6.45, 7) is 11.5. The Kier molecular flexibility index (Phi) is 2.91. The van der Waals surface area contributed by atoms with E-state index in [1.54, 1.807) is 15.3 Å². The fraction of sp³-hybridized carbons (Fsp3) is 0.692. The van der Waals surface area contributed by atoms with Crippen LogP contribution in [0.4, 0.5) is 0 Å². The second kappa shape index (κ2) is 3.91. The Morgan fingerprint density at radius 2 is 2.13 bits per heavy atom. The van der Waals surface area contributed by atoms with E-state index in [9.17, 15) is 0 Å². The molecule has 0 saturated heterocycles. The summed E-state index contributed by atoms with van der Waals surface area (Å²) < 4.78 is 0. The second-order valence-corrected chi connectivity index (χ2v) is 6.62. The molecule has 2 heterocycles. The molecule has 0 bridgehead atoms. The van der Waals surface area contributed by atoms with Gasteiger partial charge in [-0.15, -0.1) is 11.3 Å². The van der Waals surface area contributed by atoms with E-state index in [1.165, 1.54) is 6.42 Å². The average Bonchev–Trinajstić information content (AvgIpc) is 2.52. The van der Waals surface area contributed by atoms with Gasteiger partial charge < -0.3 is 5.32 Å². The lowest BCUT2D eigenvalue weighted by Gasteiger charge is -2.23. The quantitative estimate of drug-likeness (QED) is 0.770. The van der Waals surface area contributed by atoms with Crippen molar-refractivity contribution in [3.8, 4) is 0 Å². The lowest BCUT2D eigenvalue weighted by Crippen LogP contribution is -2.31. The number of thiophene rings is 1. The third-order valence-electron chi connectivity index (χ3n) is 3.22. The molecule has 0 spiro atoms. The largest absolute Gasteiger partial charge is 0.316 e. The first-order chi connectivity index (χ1) is 7.00. The molecule has 0 atom stereocenters. The number of rotatable bonds is 1. The van der Waals surface area contributed by atoms with Crippen molar-refractivity contribution in [3.05, 3.63) is 21.4 Å². The van der Waals surface area contributed by atoms with Crippen LogP contribution in [0.2, 0.25) is 0 Å². The smallest absolute Gasteiger partial charge is 0.00988 e. The molecule has 0 aromatic carbocycles. The van der Waals surface area contributed by atoms with Crippen molar-refractivity contribution in [2.24, 2.45) is 0 Å². The van der Waals surface area contributed by atoms with Gasteiger partial charge in [0, 0.05) is 21.7 Å². The van der Waals surface area contributed by atoms with Gasteiger partial charge in [0.2, 0.25) is 0 Å². The molecule has 0 unspecified atom stereocenters. The van der Waals surface area contributed by atoms with Gasteiger partial charge in [0.25, 0.3) is 0 Å². The Morgan fingerprint density at radius 3 is 2.80 bits per heavy atom. The van der Waals surface area contributed by atoms with Crippen molar-refractivity contribution in [3.63, 3.8) is 0 Å². The molecule has 0 amide bonds. The van der Waals surface area contributed by atoms with Crippen molar-refractivity contribution in [2.75, 3.05) is 13.1 Å². The summed E-state index contributed by atoms with van der Waals surface area (Å²) in [6, 6.07) is 2.44. The molecule has 2 rings (SSSR count). The van der Waals surface area contributed by atoms with Crippen LogP contribution in [0.3, 0.4) is 0 Å². The van der Waals surface area contributed by atoms with E-state index in [-0.39, 0.29) is 0 Å². The van der Waals surface area contributed by atoms with Gasteiger partial charge in [0.05, 0.1) is 0 Å². The van der Waals surface area contributed by atoms with E-state index in [4.69, 9.17) is 0 Å². The zero-order chi connectivity index (χ0) is 11.1. The van der Waals surface area contributed by atoms with Gasteiger partial charge in [-0.3, -0.25) is 0 Å². The Balaban J connectivity index is 2.43. The van der Waals surface area contributed by atoms with Crippen molar-refractivity contribution in [1.82, 2.24) is 5.32 Å². The molecular weight excluding hydrogens is 202 g/mol. The number of hydrogen-bond donors (Lipinski definition) is 1. The maximum absolute atomic E-state index is 3.53. The minimum Gasteiger partial charge on any atom is -0.316 e. The van der Waals surface area contributed by atoms with Gasteiger partial charge in [0.1, 0.15) is 0 Å². The zero-order valence-corrected chi connectivity index (χ0v) is 11.0. The first-order valence-electron chi connectivity index (χ1n) is 5.84. The first-order valence-corrected chi connectivity index (χ1v) is 6.66. The van der Waals surface area contributed by atoms with Crippen LogP contribution in [0, 0.1) is 0 Å². The molecule has 1 aliphatic rings. The van der Waals surface area contributed by atoms with Gasteiger partial charge in [-0.25, -0.2) is 0 Å². The Hall–Kier alpha value is -0.340. The molecule has 0 radical (unpaired) electrons. The Morgan fingerprint density at radius 1 is 1.40 bits per heavy atom. The van der Waals surface area contributed by atoms with Crippen molar-refractivity contribution in [2.45, 2.75) is 45.4 Å². The van der Waals surface area contributed by atoms with Crippen LogP contribution in [-0.4, -0.2) is 13.1 Å². The summed E-state index contributed by atoms with van der Waals surface area (Å²) in [5, 5.41) is 3.53. The van der Waals surface area contributed by atoms with Crippen LogP contribution in [-0.2, 0) is 11.8 Å². The molecule has 15 heavy (non-hydrogen) atoms. The molecule has 0 fully saturated rings. The van der Waals surface area contributed by atoms with Gasteiger partial charge >= 0.3 is 0 Å². The highest BCUT2D eigenvalue weighted by atomic mass is 32.1. The molecule has 0 saturated carbocycles. The molecule has 2 heteroatoms. The Bertz CT molecular complexity index is 349. The van der Waals surface area contributed by atoms with Crippen LogP contribution < -0.4 is 5.32 Å². The maximum Gasteiger partial charge on any atom is 0.00988 e. The number of nitrogens with one attached hydrogen (secondary N) is 1. The van der Waals surface area contributed by atoms with Crippen molar-refractivity contribution in [1.29, 1.82) is 0 Å². The topological polar surface area (TPSA) is 12.0 Å². The highest BCUT2D eigenvalue weighted by Crippen LogP contribution is 2.36. The molecule has 1 N–H and O–H groups in total. The monoisotopic (exact) mass is 223 g/mol. The minimum absolute atomic E-state index is 0.301. The van der Waals surface area contributed by atoms with Crippen LogP contribution >= 0.6 is 11.3 Å². The standard InChI is InChI=1S/C13H21NS/c1-9(2)12-7-10-11(15-12)5-6-14-8-13(10,3)4/h7,9,14H,5-6,8H2,1-4H3. The van der Waals surface area contributed by atoms with Gasteiger partial charge in [0.15, 0.2) is 0 Å². The lowest BCUT2D eigenvalue weighted by atomic mass is 9.84. The normalized spacial score (nSPS) is 20.1. The van der Waals surface area contributed by atoms with Gasteiger partial charge in [-0.1, -0.05) is 27.7 Å².